The Kier molecular flexibility index (Phi) is 20.1. The minimum Gasteiger partial charge on any atom is -0.356 e. The molecular formula is C8H20O2. The van der Waals surface area contributed by atoms with Crippen LogP contribution in [0.2, 0.25) is 0 Å². The second kappa shape index (κ2) is 16.0. The van der Waals surface area contributed by atoms with Crippen LogP contribution in [0.15, 0.2) is 0 Å². The zero-order valence-electron chi connectivity index (χ0n) is 7.64. The first kappa shape index (κ1) is 12.6. The van der Waals surface area contributed by atoms with Crippen molar-refractivity contribution in [3.05, 3.63) is 0 Å². The topological polar surface area (TPSA) is 18.5 Å². The van der Waals surface area contributed by atoms with Crippen LogP contribution in [0, 0.1) is 0 Å². The van der Waals surface area contributed by atoms with Crippen LogP contribution in [0.3, 0.4) is 0 Å². The molecule has 0 aromatic rings. The molecule has 0 spiro atoms. The van der Waals surface area contributed by atoms with Gasteiger partial charge in [-0.25, -0.2) is 0 Å². The fourth-order valence-corrected chi connectivity index (χ4v) is 0.226. The molecular weight excluding hydrogens is 128 g/mol. The Labute approximate surface area is 64.5 Å². The van der Waals surface area contributed by atoms with E-state index < -0.39 is 0 Å². The smallest absolute Gasteiger partial charge is 0.146 e. The van der Waals surface area contributed by atoms with Crippen LogP contribution >= 0.6 is 0 Å². The van der Waals surface area contributed by atoms with Gasteiger partial charge in [-0.3, -0.25) is 0 Å². The molecule has 0 aromatic heterocycles. The largest absolute Gasteiger partial charge is 0.356 e. The Morgan fingerprint density at radius 1 is 0.800 bits per heavy atom. The van der Waals surface area contributed by atoms with Crippen LogP contribution in [0.4, 0.5) is 0 Å². The van der Waals surface area contributed by atoms with Gasteiger partial charge in [-0.05, 0) is 13.8 Å². The summed E-state index contributed by atoms with van der Waals surface area (Å²) in [6, 6.07) is 0. The number of hydrogen-bond donors (Lipinski definition) is 0. The Bertz CT molecular complexity index is 34.2. The molecule has 0 N–H and O–H groups in total. The molecule has 2 nitrogen and oxygen atoms in total. The highest BCUT2D eigenvalue weighted by Gasteiger charge is 1.76. The molecule has 0 fully saturated rings. The number of hydrogen-bond acceptors (Lipinski definition) is 2. The molecule has 0 aliphatic rings. The Balaban J connectivity index is 0. The first-order chi connectivity index (χ1) is 4.83. The zero-order chi connectivity index (χ0) is 8.24. The quantitative estimate of drug-likeness (QED) is 0.450. The maximum Gasteiger partial charge on any atom is 0.146 e. The summed E-state index contributed by atoms with van der Waals surface area (Å²) < 4.78 is 9.70. The van der Waals surface area contributed by atoms with Crippen molar-refractivity contribution < 1.29 is 9.47 Å². The predicted octanol–water partition coefficient (Wildman–Crippen LogP) is 2.43. The van der Waals surface area contributed by atoms with E-state index in [-0.39, 0.29) is 0 Å². The molecule has 0 saturated carbocycles. The van der Waals surface area contributed by atoms with E-state index in [1.165, 1.54) is 6.42 Å². The Morgan fingerprint density at radius 2 is 1.10 bits per heavy atom. The molecule has 2 heteroatoms. The first-order valence-corrected chi connectivity index (χ1v) is 3.98. The third-order valence-electron chi connectivity index (χ3n) is 0.575. The molecule has 0 aromatic carbocycles. The van der Waals surface area contributed by atoms with Crippen molar-refractivity contribution in [2.75, 3.05) is 20.0 Å². The monoisotopic (exact) mass is 148 g/mol. The third-order valence-corrected chi connectivity index (χ3v) is 0.575. The lowest BCUT2D eigenvalue weighted by atomic mass is 10.6. The summed E-state index contributed by atoms with van der Waals surface area (Å²) in [5.41, 5.74) is 0. The van der Waals surface area contributed by atoms with Crippen LogP contribution in [0.5, 0.6) is 0 Å². The highest BCUT2D eigenvalue weighted by atomic mass is 16.7. The highest BCUT2D eigenvalue weighted by Crippen LogP contribution is 1.74. The van der Waals surface area contributed by atoms with E-state index in [1.54, 1.807) is 0 Å². The van der Waals surface area contributed by atoms with Gasteiger partial charge < -0.3 is 9.47 Å². The van der Waals surface area contributed by atoms with E-state index >= 15 is 0 Å². The van der Waals surface area contributed by atoms with Gasteiger partial charge in [0.2, 0.25) is 0 Å². The summed E-state index contributed by atoms with van der Waals surface area (Å²) in [7, 11) is 0. The van der Waals surface area contributed by atoms with Crippen molar-refractivity contribution in [2.24, 2.45) is 0 Å². The molecule has 0 aliphatic heterocycles. The average Bonchev–Trinajstić information content (AvgIpc) is 1.91. The van der Waals surface area contributed by atoms with Crippen molar-refractivity contribution in [3.8, 4) is 0 Å². The average molecular weight is 148 g/mol. The van der Waals surface area contributed by atoms with E-state index in [1.807, 2.05) is 13.8 Å². The van der Waals surface area contributed by atoms with Gasteiger partial charge in [0.25, 0.3) is 0 Å². The molecule has 0 bridgehead atoms. The van der Waals surface area contributed by atoms with Crippen LogP contribution in [0.1, 0.15) is 34.1 Å². The highest BCUT2D eigenvalue weighted by molar-refractivity contribution is 4.08. The minimum absolute atomic E-state index is 0.438. The van der Waals surface area contributed by atoms with Gasteiger partial charge in [-0.2, -0.15) is 0 Å². The van der Waals surface area contributed by atoms with E-state index in [2.05, 4.69) is 13.8 Å². The van der Waals surface area contributed by atoms with Crippen molar-refractivity contribution in [2.45, 2.75) is 34.1 Å². The van der Waals surface area contributed by atoms with Gasteiger partial charge in [0.05, 0.1) is 0 Å². The van der Waals surface area contributed by atoms with Gasteiger partial charge in [-0.1, -0.05) is 20.3 Å². The van der Waals surface area contributed by atoms with E-state index in [9.17, 15) is 0 Å². The summed E-state index contributed by atoms with van der Waals surface area (Å²) in [5.74, 6) is 0. The standard InChI is InChI=1S/C5H12O2.C3H8/c1-3-6-5-7-4-2;1-3-2/h3-5H2,1-2H3;3H2,1-2H3. The van der Waals surface area contributed by atoms with E-state index in [0.717, 1.165) is 13.2 Å². The Hall–Kier alpha value is -0.0800. The van der Waals surface area contributed by atoms with Gasteiger partial charge >= 0.3 is 0 Å². The molecule has 0 saturated heterocycles. The zero-order valence-corrected chi connectivity index (χ0v) is 7.64. The molecule has 0 amide bonds. The lowest BCUT2D eigenvalue weighted by molar-refractivity contribution is -0.0445. The Morgan fingerprint density at radius 3 is 1.30 bits per heavy atom. The predicted molar refractivity (Wildman–Crippen MR) is 44.1 cm³/mol. The molecule has 0 rings (SSSR count). The first-order valence-electron chi connectivity index (χ1n) is 3.98. The third kappa shape index (κ3) is 24.7. The van der Waals surface area contributed by atoms with Crippen LogP contribution in [-0.2, 0) is 9.47 Å². The van der Waals surface area contributed by atoms with Crippen molar-refractivity contribution in [1.82, 2.24) is 0 Å². The molecule has 0 atom stereocenters. The summed E-state index contributed by atoms with van der Waals surface area (Å²) in [5, 5.41) is 0. The van der Waals surface area contributed by atoms with Gasteiger partial charge in [0, 0.05) is 13.2 Å². The van der Waals surface area contributed by atoms with Gasteiger partial charge in [0.15, 0.2) is 0 Å². The summed E-state index contributed by atoms with van der Waals surface area (Å²) in [6.45, 7) is 10.0. The molecule has 0 heterocycles. The van der Waals surface area contributed by atoms with Gasteiger partial charge in [-0.15, -0.1) is 0 Å². The lowest BCUT2D eigenvalue weighted by Gasteiger charge is -1.97. The van der Waals surface area contributed by atoms with E-state index in [4.69, 9.17) is 9.47 Å². The maximum absolute atomic E-state index is 4.85. The van der Waals surface area contributed by atoms with Crippen molar-refractivity contribution in [3.63, 3.8) is 0 Å². The molecule has 10 heavy (non-hydrogen) atoms. The number of rotatable bonds is 4. The van der Waals surface area contributed by atoms with Gasteiger partial charge in [0.1, 0.15) is 6.79 Å². The molecule has 64 valence electrons. The number of ether oxygens (including phenoxy) is 2. The SMILES string of the molecule is CCC.CCOCOCC. The van der Waals surface area contributed by atoms with E-state index in [0.29, 0.717) is 6.79 Å². The normalized spacial score (nSPS) is 8.40. The molecule has 0 unspecified atom stereocenters. The lowest BCUT2D eigenvalue weighted by Crippen LogP contribution is -1.97. The van der Waals surface area contributed by atoms with Crippen molar-refractivity contribution >= 4 is 0 Å². The maximum atomic E-state index is 4.85. The minimum atomic E-state index is 0.438. The van der Waals surface area contributed by atoms with Crippen molar-refractivity contribution in [1.29, 1.82) is 0 Å². The van der Waals surface area contributed by atoms with Crippen LogP contribution in [-0.4, -0.2) is 20.0 Å². The second-order valence-corrected chi connectivity index (χ2v) is 1.81. The second-order valence-electron chi connectivity index (χ2n) is 1.81. The fraction of sp³-hybridized carbons (Fsp3) is 1.00. The van der Waals surface area contributed by atoms with Crippen LogP contribution in [0.25, 0.3) is 0 Å². The molecule has 0 radical (unpaired) electrons. The fourth-order valence-electron chi connectivity index (χ4n) is 0.226. The summed E-state index contributed by atoms with van der Waals surface area (Å²) >= 11 is 0. The molecule has 0 aliphatic carbocycles. The summed E-state index contributed by atoms with van der Waals surface area (Å²) in [4.78, 5) is 0. The van der Waals surface area contributed by atoms with Crippen LogP contribution < -0.4 is 0 Å². The summed E-state index contributed by atoms with van der Waals surface area (Å²) in [6.07, 6.45) is 1.25.